The van der Waals surface area contributed by atoms with Crippen LogP contribution in [0.25, 0.3) is 22.0 Å². The third-order valence-electron chi connectivity index (χ3n) is 4.34. The summed E-state index contributed by atoms with van der Waals surface area (Å²) in [5.41, 5.74) is 2.67. The van der Waals surface area contributed by atoms with Gasteiger partial charge in [-0.1, -0.05) is 23.7 Å². The fourth-order valence-corrected chi connectivity index (χ4v) is 3.26. The van der Waals surface area contributed by atoms with Gasteiger partial charge in [0, 0.05) is 28.2 Å². The lowest BCUT2D eigenvalue weighted by molar-refractivity contribution is -0.185. The van der Waals surface area contributed by atoms with E-state index in [-0.39, 0.29) is 0 Å². The van der Waals surface area contributed by atoms with Gasteiger partial charge in [0.1, 0.15) is 11.4 Å². The molecule has 1 fully saturated rings. The largest absolute Gasteiger partial charge is 0.496 e. The molecule has 0 amide bonds. The summed E-state index contributed by atoms with van der Waals surface area (Å²) in [6.07, 6.45) is 1.89. The van der Waals surface area contributed by atoms with Gasteiger partial charge in [0.2, 0.25) is 0 Å². The molecule has 2 heterocycles. The Balaban J connectivity index is 1.83. The van der Waals surface area contributed by atoms with Gasteiger partial charge in [-0.05, 0) is 29.8 Å². The second-order valence-electron chi connectivity index (χ2n) is 5.84. The Bertz CT molecular complexity index is 883. The van der Waals surface area contributed by atoms with E-state index in [4.69, 9.17) is 21.1 Å². The number of aromatic amines is 1. The molecule has 0 saturated carbocycles. The molecule has 0 atom stereocenters. The Morgan fingerprint density at radius 1 is 1.22 bits per heavy atom. The first-order valence-corrected chi connectivity index (χ1v) is 7.74. The first-order chi connectivity index (χ1) is 11.1. The molecular weight excluding hydrogens is 314 g/mol. The number of hydrogen-bond acceptors (Lipinski definition) is 3. The lowest BCUT2D eigenvalue weighted by Crippen LogP contribution is -2.46. The standard InChI is InChI=1S/C18H16ClNO3/c1-22-17-7-11(2-3-14(17)18(21)9-23-10-18)13-6-12-4-5-20-16(12)8-15(13)19/h2-8,20-21H,9-10H2,1H3. The molecule has 5 heteroatoms. The highest BCUT2D eigenvalue weighted by atomic mass is 35.5. The van der Waals surface area contributed by atoms with E-state index in [2.05, 4.69) is 4.98 Å². The fourth-order valence-electron chi connectivity index (χ4n) is 2.99. The zero-order chi connectivity index (χ0) is 16.0. The Labute approximate surface area is 138 Å². The van der Waals surface area contributed by atoms with Crippen molar-refractivity contribution in [1.82, 2.24) is 4.98 Å². The maximum atomic E-state index is 10.5. The molecule has 4 rings (SSSR count). The number of methoxy groups -OCH3 is 1. The quantitative estimate of drug-likeness (QED) is 0.770. The molecule has 2 N–H and O–H groups in total. The summed E-state index contributed by atoms with van der Waals surface area (Å²) < 4.78 is 10.6. The zero-order valence-electron chi connectivity index (χ0n) is 12.6. The van der Waals surface area contributed by atoms with Crippen molar-refractivity contribution in [3.8, 4) is 16.9 Å². The SMILES string of the molecule is COc1cc(-c2cc3cc[nH]c3cc2Cl)ccc1C1(O)COC1. The molecule has 1 saturated heterocycles. The minimum absolute atomic E-state index is 0.290. The van der Waals surface area contributed by atoms with E-state index in [1.54, 1.807) is 7.11 Å². The van der Waals surface area contributed by atoms with Crippen molar-refractivity contribution >= 4 is 22.5 Å². The summed E-state index contributed by atoms with van der Waals surface area (Å²) in [7, 11) is 1.60. The summed E-state index contributed by atoms with van der Waals surface area (Å²) in [6.45, 7) is 0.581. The van der Waals surface area contributed by atoms with Gasteiger partial charge >= 0.3 is 0 Å². The highest BCUT2D eigenvalue weighted by Crippen LogP contribution is 2.40. The number of halogens is 1. The predicted octanol–water partition coefficient (Wildman–Crippen LogP) is 3.71. The van der Waals surface area contributed by atoms with Crippen LogP contribution in [-0.4, -0.2) is 30.4 Å². The van der Waals surface area contributed by atoms with Crippen LogP contribution in [0.4, 0.5) is 0 Å². The van der Waals surface area contributed by atoms with Crippen molar-refractivity contribution in [3.63, 3.8) is 0 Å². The summed E-state index contributed by atoms with van der Waals surface area (Å²) in [5.74, 6) is 0.638. The van der Waals surface area contributed by atoms with Crippen LogP contribution >= 0.6 is 11.6 Å². The third kappa shape index (κ3) is 2.30. The van der Waals surface area contributed by atoms with Gasteiger partial charge in [-0.15, -0.1) is 0 Å². The van der Waals surface area contributed by atoms with Crippen LogP contribution in [0.5, 0.6) is 5.75 Å². The van der Waals surface area contributed by atoms with Crippen LogP contribution < -0.4 is 4.74 Å². The van der Waals surface area contributed by atoms with Gasteiger partial charge in [-0.25, -0.2) is 0 Å². The van der Waals surface area contributed by atoms with Gasteiger partial charge in [0.25, 0.3) is 0 Å². The average molecular weight is 330 g/mol. The Morgan fingerprint density at radius 2 is 2.04 bits per heavy atom. The van der Waals surface area contributed by atoms with Crippen LogP contribution in [0.2, 0.25) is 5.02 Å². The molecule has 1 aliphatic rings. The van der Waals surface area contributed by atoms with Crippen molar-refractivity contribution in [1.29, 1.82) is 0 Å². The number of nitrogens with one attached hydrogen (secondary N) is 1. The molecular formula is C18H16ClNO3. The van der Waals surface area contributed by atoms with Gasteiger partial charge in [-0.3, -0.25) is 0 Å². The molecule has 3 aromatic rings. The molecule has 118 valence electrons. The molecule has 0 bridgehead atoms. The van der Waals surface area contributed by atoms with Crippen LogP contribution in [0.1, 0.15) is 5.56 Å². The minimum atomic E-state index is -0.960. The molecule has 23 heavy (non-hydrogen) atoms. The van der Waals surface area contributed by atoms with E-state index in [0.29, 0.717) is 24.0 Å². The second-order valence-corrected chi connectivity index (χ2v) is 6.24. The highest BCUT2D eigenvalue weighted by molar-refractivity contribution is 6.34. The van der Waals surface area contributed by atoms with Gasteiger partial charge < -0.3 is 19.6 Å². The van der Waals surface area contributed by atoms with E-state index in [0.717, 1.165) is 27.6 Å². The number of benzene rings is 2. The summed E-state index contributed by atoms with van der Waals surface area (Å²) >= 11 is 6.43. The van der Waals surface area contributed by atoms with Gasteiger partial charge in [-0.2, -0.15) is 0 Å². The van der Waals surface area contributed by atoms with E-state index < -0.39 is 5.60 Å². The number of hydrogen-bond donors (Lipinski definition) is 2. The smallest absolute Gasteiger partial charge is 0.140 e. The third-order valence-corrected chi connectivity index (χ3v) is 4.65. The highest BCUT2D eigenvalue weighted by Gasteiger charge is 2.40. The van der Waals surface area contributed by atoms with Crippen LogP contribution in [0, 0.1) is 0 Å². The lowest BCUT2D eigenvalue weighted by Gasteiger charge is -2.37. The number of aromatic nitrogens is 1. The van der Waals surface area contributed by atoms with E-state index in [9.17, 15) is 5.11 Å². The van der Waals surface area contributed by atoms with Crippen LogP contribution in [0.3, 0.4) is 0 Å². The Morgan fingerprint density at radius 3 is 2.74 bits per heavy atom. The van der Waals surface area contributed by atoms with Crippen LogP contribution in [-0.2, 0) is 10.3 Å². The molecule has 0 unspecified atom stereocenters. The number of fused-ring (bicyclic) bond motifs is 1. The molecule has 1 aliphatic heterocycles. The molecule has 4 nitrogen and oxygen atoms in total. The predicted molar refractivity (Wildman–Crippen MR) is 90.0 cm³/mol. The fraction of sp³-hybridized carbons (Fsp3) is 0.222. The molecule has 0 radical (unpaired) electrons. The normalized spacial score (nSPS) is 16.3. The molecule has 0 spiro atoms. The topological polar surface area (TPSA) is 54.5 Å². The van der Waals surface area contributed by atoms with Crippen molar-refractivity contribution in [2.24, 2.45) is 0 Å². The van der Waals surface area contributed by atoms with E-state index in [1.165, 1.54) is 0 Å². The number of aliphatic hydroxyl groups is 1. The summed E-state index contributed by atoms with van der Waals surface area (Å²) in [6, 6.07) is 11.7. The maximum absolute atomic E-state index is 10.5. The second kappa shape index (κ2) is 5.27. The lowest BCUT2D eigenvalue weighted by atomic mass is 9.89. The number of rotatable bonds is 3. The molecule has 0 aliphatic carbocycles. The molecule has 2 aromatic carbocycles. The van der Waals surface area contributed by atoms with Crippen molar-refractivity contribution in [3.05, 3.63) is 53.2 Å². The van der Waals surface area contributed by atoms with Gasteiger partial charge in [0.15, 0.2) is 0 Å². The van der Waals surface area contributed by atoms with E-state index >= 15 is 0 Å². The number of ether oxygens (including phenoxy) is 2. The summed E-state index contributed by atoms with van der Waals surface area (Å²) in [4.78, 5) is 3.15. The zero-order valence-corrected chi connectivity index (χ0v) is 13.4. The summed E-state index contributed by atoms with van der Waals surface area (Å²) in [5, 5.41) is 12.3. The van der Waals surface area contributed by atoms with Crippen LogP contribution in [0.15, 0.2) is 42.6 Å². The van der Waals surface area contributed by atoms with Crippen molar-refractivity contribution < 1.29 is 14.6 Å². The Hall–Kier alpha value is -2.01. The van der Waals surface area contributed by atoms with Crippen molar-refractivity contribution in [2.45, 2.75) is 5.60 Å². The maximum Gasteiger partial charge on any atom is 0.140 e. The first-order valence-electron chi connectivity index (χ1n) is 7.36. The Kier molecular flexibility index (Phi) is 3.34. The first kappa shape index (κ1) is 14.6. The monoisotopic (exact) mass is 329 g/mol. The molecule has 1 aromatic heterocycles. The minimum Gasteiger partial charge on any atom is -0.496 e. The van der Waals surface area contributed by atoms with E-state index in [1.807, 2.05) is 42.6 Å². The van der Waals surface area contributed by atoms with Crippen molar-refractivity contribution in [2.75, 3.05) is 20.3 Å². The van der Waals surface area contributed by atoms with Gasteiger partial charge in [0.05, 0.1) is 25.3 Å². The number of H-pyrrole nitrogens is 1. The average Bonchev–Trinajstić information content (AvgIpc) is 2.98.